The summed E-state index contributed by atoms with van der Waals surface area (Å²) in [6, 6.07) is 8.65. The summed E-state index contributed by atoms with van der Waals surface area (Å²) < 4.78 is 5.41. The van der Waals surface area contributed by atoms with Gasteiger partial charge in [-0.3, -0.25) is 14.6 Å². The summed E-state index contributed by atoms with van der Waals surface area (Å²) in [4.78, 5) is 40.0. The molecule has 0 unspecified atom stereocenters. The lowest BCUT2D eigenvalue weighted by atomic mass is 10.1. The Kier molecular flexibility index (Phi) is 7.25. The number of rotatable bonds is 7. The van der Waals surface area contributed by atoms with Gasteiger partial charge in [0.15, 0.2) is 11.5 Å². The zero-order valence-corrected chi connectivity index (χ0v) is 18.5. The third-order valence-corrected chi connectivity index (χ3v) is 5.29. The summed E-state index contributed by atoms with van der Waals surface area (Å²) in [6.07, 6.45) is 4.75. The molecule has 1 aliphatic heterocycles. The van der Waals surface area contributed by atoms with Gasteiger partial charge in [-0.25, -0.2) is 9.97 Å². The molecule has 0 atom stereocenters. The predicted octanol–water partition coefficient (Wildman–Crippen LogP) is 0.898. The summed E-state index contributed by atoms with van der Waals surface area (Å²) >= 11 is 0. The molecule has 176 valence electrons. The maximum atomic E-state index is 13.1. The van der Waals surface area contributed by atoms with Crippen molar-refractivity contribution in [3.8, 4) is 11.3 Å². The minimum Gasteiger partial charge on any atom is -0.382 e. The summed E-state index contributed by atoms with van der Waals surface area (Å²) in [5.41, 5.74) is 14.4. The van der Waals surface area contributed by atoms with E-state index in [2.05, 4.69) is 30.5 Å². The van der Waals surface area contributed by atoms with Gasteiger partial charge in [0.2, 0.25) is 0 Å². The minimum atomic E-state index is -0.493. The number of carbonyl (C=O) groups excluding carboxylic acids is 2. The fraction of sp³-hybridized carbons (Fsp3) is 0.261. The molecule has 1 saturated heterocycles. The van der Waals surface area contributed by atoms with Crippen molar-refractivity contribution in [2.75, 3.05) is 55.3 Å². The number of pyridine rings is 1. The molecule has 1 aliphatic rings. The van der Waals surface area contributed by atoms with Crippen molar-refractivity contribution >= 4 is 29.0 Å². The highest BCUT2D eigenvalue weighted by molar-refractivity contribution is 6.07. The van der Waals surface area contributed by atoms with Crippen molar-refractivity contribution in [3.63, 3.8) is 0 Å². The molecule has 6 N–H and O–H groups in total. The van der Waals surface area contributed by atoms with Crippen LogP contribution in [0.15, 0.2) is 48.9 Å². The van der Waals surface area contributed by atoms with Crippen molar-refractivity contribution in [3.05, 3.63) is 60.2 Å². The molecule has 0 aliphatic carbocycles. The molecule has 2 aromatic heterocycles. The van der Waals surface area contributed by atoms with E-state index in [0.717, 1.165) is 5.69 Å². The molecule has 1 aromatic carbocycles. The first kappa shape index (κ1) is 23.1. The highest BCUT2D eigenvalue weighted by atomic mass is 16.5. The number of morpholine rings is 1. The molecule has 2 amide bonds. The van der Waals surface area contributed by atoms with Crippen LogP contribution in [-0.4, -0.2) is 66.2 Å². The average molecular weight is 463 g/mol. The number of benzene rings is 1. The Hall–Kier alpha value is -4.09. The number of nitrogens with zero attached hydrogens (tertiary/aromatic N) is 4. The maximum absolute atomic E-state index is 13.1. The first-order valence-electron chi connectivity index (χ1n) is 10.9. The van der Waals surface area contributed by atoms with E-state index < -0.39 is 5.91 Å². The van der Waals surface area contributed by atoms with Crippen LogP contribution in [0.5, 0.6) is 0 Å². The Morgan fingerprint density at radius 1 is 1.06 bits per heavy atom. The van der Waals surface area contributed by atoms with Gasteiger partial charge in [0.25, 0.3) is 11.8 Å². The number of nitrogens with one attached hydrogen (secondary N) is 2. The number of amides is 2. The van der Waals surface area contributed by atoms with Gasteiger partial charge in [-0.15, -0.1) is 0 Å². The maximum Gasteiger partial charge on any atom is 0.278 e. The van der Waals surface area contributed by atoms with Crippen molar-refractivity contribution in [1.29, 1.82) is 0 Å². The first-order valence-corrected chi connectivity index (χ1v) is 10.9. The van der Waals surface area contributed by atoms with Crippen molar-refractivity contribution < 1.29 is 14.3 Å². The van der Waals surface area contributed by atoms with E-state index in [-0.39, 0.29) is 17.4 Å². The van der Waals surface area contributed by atoms with Gasteiger partial charge in [0.05, 0.1) is 42.7 Å². The molecule has 11 heteroatoms. The second-order valence-corrected chi connectivity index (χ2v) is 7.56. The van der Waals surface area contributed by atoms with Crippen LogP contribution in [0.1, 0.15) is 20.8 Å². The van der Waals surface area contributed by atoms with E-state index in [4.69, 9.17) is 16.2 Å². The summed E-state index contributed by atoms with van der Waals surface area (Å²) in [7, 11) is 0. The fourth-order valence-corrected chi connectivity index (χ4v) is 3.53. The lowest BCUT2D eigenvalue weighted by molar-refractivity contribution is 0.0953. The fourth-order valence-electron chi connectivity index (χ4n) is 3.53. The van der Waals surface area contributed by atoms with E-state index in [1.54, 1.807) is 36.7 Å². The van der Waals surface area contributed by atoms with Crippen molar-refractivity contribution in [2.24, 2.45) is 5.73 Å². The van der Waals surface area contributed by atoms with Crippen LogP contribution in [0.2, 0.25) is 0 Å². The molecule has 3 heterocycles. The topological polar surface area (TPSA) is 161 Å². The van der Waals surface area contributed by atoms with Crippen LogP contribution in [0.25, 0.3) is 11.3 Å². The van der Waals surface area contributed by atoms with E-state index in [9.17, 15) is 9.59 Å². The largest absolute Gasteiger partial charge is 0.382 e. The first-order chi connectivity index (χ1) is 16.6. The van der Waals surface area contributed by atoms with Gasteiger partial charge in [0.1, 0.15) is 0 Å². The van der Waals surface area contributed by atoms with Gasteiger partial charge in [-0.05, 0) is 18.2 Å². The van der Waals surface area contributed by atoms with Gasteiger partial charge in [-0.1, -0.05) is 12.1 Å². The van der Waals surface area contributed by atoms with Crippen LogP contribution < -0.4 is 27.0 Å². The van der Waals surface area contributed by atoms with Gasteiger partial charge < -0.3 is 31.7 Å². The monoisotopic (exact) mass is 462 g/mol. The highest BCUT2D eigenvalue weighted by Gasteiger charge is 2.20. The Morgan fingerprint density at radius 2 is 1.82 bits per heavy atom. The number of hydrogen-bond acceptors (Lipinski definition) is 9. The van der Waals surface area contributed by atoms with Gasteiger partial charge >= 0.3 is 0 Å². The second-order valence-electron chi connectivity index (χ2n) is 7.56. The van der Waals surface area contributed by atoms with Crippen molar-refractivity contribution in [1.82, 2.24) is 20.3 Å². The number of nitrogens with two attached hydrogens (primary N) is 2. The number of nitrogen functional groups attached to an aromatic ring is 1. The predicted molar refractivity (Wildman–Crippen MR) is 128 cm³/mol. The number of anilines is 3. The second kappa shape index (κ2) is 10.7. The van der Waals surface area contributed by atoms with Crippen molar-refractivity contribution in [2.45, 2.75) is 0 Å². The molecule has 4 rings (SSSR count). The van der Waals surface area contributed by atoms with E-state index in [0.29, 0.717) is 61.9 Å². The number of carbonyl (C=O) groups is 2. The van der Waals surface area contributed by atoms with E-state index in [1.807, 2.05) is 6.07 Å². The van der Waals surface area contributed by atoms with Crippen LogP contribution in [0, 0.1) is 0 Å². The standard InChI is InChI=1S/C23H26N8O3/c24-6-8-27-22(32)16-3-1-15(2-4-16)17-14-28-21(25)20(29-17)23(33)30-18-13-26-7-5-19(18)31-9-11-34-12-10-31/h1-5,7,13-14H,6,8-12,24H2,(H2,25,28)(H,27,32)(H,30,33). The van der Waals surface area contributed by atoms with Crippen LogP contribution >= 0.6 is 0 Å². The molecule has 0 spiro atoms. The summed E-state index contributed by atoms with van der Waals surface area (Å²) in [5.74, 6) is -0.698. The Labute approximate surface area is 196 Å². The quantitative estimate of drug-likeness (QED) is 0.400. The summed E-state index contributed by atoms with van der Waals surface area (Å²) in [6.45, 7) is 3.41. The molecule has 0 radical (unpaired) electrons. The lowest BCUT2D eigenvalue weighted by Crippen LogP contribution is -2.36. The SMILES string of the molecule is NCCNC(=O)c1ccc(-c2cnc(N)c(C(=O)Nc3cnccc3N3CCOCC3)n2)cc1. The number of ether oxygens (including phenoxy) is 1. The number of hydrogen-bond donors (Lipinski definition) is 4. The molecule has 0 saturated carbocycles. The number of aromatic nitrogens is 3. The lowest BCUT2D eigenvalue weighted by Gasteiger charge is -2.30. The third-order valence-electron chi connectivity index (χ3n) is 5.29. The van der Waals surface area contributed by atoms with Crippen LogP contribution in [0.4, 0.5) is 17.2 Å². The molecule has 34 heavy (non-hydrogen) atoms. The van der Waals surface area contributed by atoms with Crippen LogP contribution in [-0.2, 0) is 4.74 Å². The summed E-state index contributed by atoms with van der Waals surface area (Å²) in [5, 5.41) is 5.57. The van der Waals surface area contributed by atoms with E-state index in [1.165, 1.54) is 6.20 Å². The molecule has 0 bridgehead atoms. The van der Waals surface area contributed by atoms with E-state index >= 15 is 0 Å². The molecular weight excluding hydrogens is 436 g/mol. The molecular formula is C23H26N8O3. The highest BCUT2D eigenvalue weighted by Crippen LogP contribution is 2.26. The Morgan fingerprint density at radius 3 is 2.56 bits per heavy atom. The molecule has 1 fully saturated rings. The van der Waals surface area contributed by atoms with Crippen LogP contribution in [0.3, 0.4) is 0 Å². The van der Waals surface area contributed by atoms with Gasteiger partial charge in [-0.2, -0.15) is 0 Å². The normalized spacial score (nSPS) is 13.4. The Bertz CT molecular complexity index is 1160. The zero-order chi connectivity index (χ0) is 23.9. The van der Waals surface area contributed by atoms with Gasteiger partial charge in [0, 0.05) is 43.5 Å². The average Bonchev–Trinajstić information content (AvgIpc) is 2.88. The smallest absolute Gasteiger partial charge is 0.278 e. The third kappa shape index (κ3) is 5.27. The Balaban J connectivity index is 1.54. The zero-order valence-electron chi connectivity index (χ0n) is 18.5. The molecule has 11 nitrogen and oxygen atoms in total. The molecule has 3 aromatic rings. The minimum absolute atomic E-state index is 0.000883.